The Morgan fingerprint density at radius 1 is 1.17 bits per heavy atom. The van der Waals surface area contributed by atoms with E-state index in [4.69, 9.17) is 4.74 Å². The minimum atomic E-state index is -1.89. The number of ketones is 1. The van der Waals surface area contributed by atoms with Crippen LogP contribution in [0.5, 0.6) is 0 Å². The monoisotopic (exact) mass is 343 g/mol. The van der Waals surface area contributed by atoms with Crippen LogP contribution in [0.1, 0.15) is 52.0 Å². The Bertz CT molecular complexity index is 647. The van der Waals surface area contributed by atoms with Crippen LogP contribution in [0.25, 0.3) is 0 Å². The summed E-state index contributed by atoms with van der Waals surface area (Å²) in [5, 5.41) is 2.34. The van der Waals surface area contributed by atoms with Gasteiger partial charge in [0, 0.05) is 18.6 Å². The van der Waals surface area contributed by atoms with Gasteiger partial charge in [-0.15, -0.1) is 0 Å². The smallest absolute Gasteiger partial charge is 0.408 e. The highest BCUT2D eigenvalue weighted by Crippen LogP contribution is 2.38. The highest BCUT2D eigenvalue weighted by molar-refractivity contribution is 5.93. The maximum Gasteiger partial charge on any atom is 0.408 e. The average Bonchev–Trinajstić information content (AvgIpc) is 2.38. The summed E-state index contributed by atoms with van der Waals surface area (Å²) in [6.45, 7) is 4.88. The molecule has 1 aliphatic rings. The maximum atomic E-state index is 14.3. The summed E-state index contributed by atoms with van der Waals surface area (Å²) in [5.74, 6) is -4.04. The predicted octanol–water partition coefficient (Wildman–Crippen LogP) is 3.97. The lowest BCUT2D eigenvalue weighted by Crippen LogP contribution is -2.55. The zero-order chi connectivity index (χ0) is 18.1. The van der Waals surface area contributed by atoms with Gasteiger partial charge in [-0.05, 0) is 40.0 Å². The molecule has 1 atom stereocenters. The SMILES string of the molecule is CC(C)(C)OC(=O)N[C@@]1(c2c(F)cc(F)cc2F)CCCCC1=O. The molecule has 1 aliphatic carbocycles. The van der Waals surface area contributed by atoms with Crippen molar-refractivity contribution in [3.63, 3.8) is 0 Å². The molecule has 4 nitrogen and oxygen atoms in total. The van der Waals surface area contributed by atoms with Crippen molar-refractivity contribution in [3.8, 4) is 0 Å². The van der Waals surface area contributed by atoms with Crippen LogP contribution in [0.4, 0.5) is 18.0 Å². The summed E-state index contributed by atoms with van der Waals surface area (Å²) in [4.78, 5) is 24.6. The lowest BCUT2D eigenvalue weighted by atomic mass is 9.75. The van der Waals surface area contributed by atoms with Gasteiger partial charge in [0.05, 0.1) is 5.56 Å². The molecular formula is C17H20F3NO3. The van der Waals surface area contributed by atoms with Crippen LogP contribution in [0, 0.1) is 17.5 Å². The number of Topliss-reactive ketones (excluding diaryl/α,β-unsaturated/α-hetero) is 1. The summed E-state index contributed by atoms with van der Waals surface area (Å²) in [7, 11) is 0. The topological polar surface area (TPSA) is 55.4 Å². The minimum absolute atomic E-state index is 0.0184. The normalized spacial score (nSPS) is 21.5. The van der Waals surface area contributed by atoms with Crippen LogP contribution in [0.2, 0.25) is 0 Å². The molecule has 1 amide bonds. The molecule has 7 heteroatoms. The molecule has 0 spiro atoms. The lowest BCUT2D eigenvalue weighted by molar-refractivity contribution is -0.128. The van der Waals surface area contributed by atoms with Gasteiger partial charge in [0.1, 0.15) is 28.6 Å². The molecule has 0 unspecified atom stereocenters. The fourth-order valence-electron chi connectivity index (χ4n) is 2.92. The summed E-state index contributed by atoms with van der Waals surface area (Å²) in [6, 6.07) is 0.998. The van der Waals surface area contributed by atoms with E-state index in [1.165, 1.54) is 0 Å². The fraction of sp³-hybridized carbons (Fsp3) is 0.529. The number of amides is 1. The quantitative estimate of drug-likeness (QED) is 0.884. The Morgan fingerprint density at radius 3 is 2.25 bits per heavy atom. The van der Waals surface area contributed by atoms with E-state index in [1.807, 2.05) is 0 Å². The highest BCUT2D eigenvalue weighted by atomic mass is 19.1. The third kappa shape index (κ3) is 3.71. The number of nitrogens with one attached hydrogen (secondary N) is 1. The van der Waals surface area contributed by atoms with Gasteiger partial charge < -0.3 is 10.1 Å². The van der Waals surface area contributed by atoms with E-state index >= 15 is 0 Å². The van der Waals surface area contributed by atoms with E-state index in [-0.39, 0.29) is 12.8 Å². The Hall–Kier alpha value is -2.05. The van der Waals surface area contributed by atoms with Gasteiger partial charge in [-0.25, -0.2) is 18.0 Å². The van der Waals surface area contributed by atoms with E-state index < -0.39 is 46.0 Å². The molecule has 0 aliphatic heterocycles. The minimum Gasteiger partial charge on any atom is -0.444 e. The Balaban J connectivity index is 2.50. The number of hydrogen-bond donors (Lipinski definition) is 1. The molecule has 1 aromatic carbocycles. The standard InChI is InChI=1S/C17H20F3NO3/c1-16(2,3)24-15(23)21-17(7-5-4-6-13(17)22)14-11(19)8-10(18)9-12(14)20/h8-9H,4-7H2,1-3H3,(H,21,23)/t17-/m0/s1. The largest absolute Gasteiger partial charge is 0.444 e. The molecule has 1 aromatic rings. The van der Waals surface area contributed by atoms with E-state index in [0.29, 0.717) is 25.0 Å². The van der Waals surface area contributed by atoms with Crippen LogP contribution < -0.4 is 5.32 Å². The van der Waals surface area contributed by atoms with Crippen LogP contribution in [0.15, 0.2) is 12.1 Å². The van der Waals surface area contributed by atoms with Crippen molar-refractivity contribution in [2.45, 2.75) is 57.6 Å². The first-order valence-electron chi connectivity index (χ1n) is 7.75. The van der Waals surface area contributed by atoms with Crippen molar-refractivity contribution >= 4 is 11.9 Å². The number of halogens is 3. The third-order valence-electron chi connectivity index (χ3n) is 3.83. The van der Waals surface area contributed by atoms with Crippen LogP contribution in [-0.2, 0) is 15.1 Å². The van der Waals surface area contributed by atoms with Crippen molar-refractivity contribution in [1.29, 1.82) is 0 Å². The van der Waals surface area contributed by atoms with Gasteiger partial charge in [-0.2, -0.15) is 0 Å². The zero-order valence-electron chi connectivity index (χ0n) is 13.8. The molecule has 0 aromatic heterocycles. The van der Waals surface area contributed by atoms with Crippen LogP contribution >= 0.6 is 0 Å². The second kappa shape index (κ2) is 6.45. The zero-order valence-corrected chi connectivity index (χ0v) is 13.8. The van der Waals surface area contributed by atoms with Crippen molar-refractivity contribution in [1.82, 2.24) is 5.32 Å². The Kier molecular flexibility index (Phi) is 4.92. The molecule has 0 radical (unpaired) electrons. The second-order valence-electron chi connectivity index (χ2n) is 6.91. The van der Waals surface area contributed by atoms with E-state index in [0.717, 1.165) is 0 Å². The van der Waals surface area contributed by atoms with Crippen LogP contribution in [0.3, 0.4) is 0 Å². The molecule has 0 saturated heterocycles. The van der Waals surface area contributed by atoms with Gasteiger partial charge in [-0.1, -0.05) is 0 Å². The first kappa shape index (κ1) is 18.3. The maximum absolute atomic E-state index is 14.3. The first-order chi connectivity index (χ1) is 11.0. The van der Waals surface area contributed by atoms with E-state index in [9.17, 15) is 22.8 Å². The molecule has 1 saturated carbocycles. The molecule has 132 valence electrons. The van der Waals surface area contributed by atoms with Gasteiger partial charge >= 0.3 is 6.09 Å². The number of benzene rings is 1. The Labute approximate surface area is 138 Å². The summed E-state index contributed by atoms with van der Waals surface area (Å²) >= 11 is 0. The number of carbonyl (C=O) groups excluding carboxylic acids is 2. The van der Waals surface area contributed by atoms with E-state index in [1.54, 1.807) is 20.8 Å². The highest BCUT2D eigenvalue weighted by Gasteiger charge is 2.47. The molecule has 0 heterocycles. The fourth-order valence-corrected chi connectivity index (χ4v) is 2.92. The average molecular weight is 343 g/mol. The summed E-state index contributed by atoms with van der Waals surface area (Å²) < 4.78 is 46.9. The number of hydrogen-bond acceptors (Lipinski definition) is 3. The third-order valence-corrected chi connectivity index (χ3v) is 3.83. The predicted molar refractivity (Wildman–Crippen MR) is 80.8 cm³/mol. The summed E-state index contributed by atoms with van der Waals surface area (Å²) in [5.41, 5.74) is -3.37. The van der Waals surface area contributed by atoms with Crippen molar-refractivity contribution in [3.05, 3.63) is 35.1 Å². The number of alkyl carbamates (subject to hydrolysis) is 1. The molecule has 1 N–H and O–H groups in total. The number of carbonyl (C=O) groups is 2. The van der Waals surface area contributed by atoms with Crippen molar-refractivity contribution in [2.24, 2.45) is 0 Å². The molecular weight excluding hydrogens is 323 g/mol. The van der Waals surface area contributed by atoms with E-state index in [2.05, 4.69) is 5.32 Å². The van der Waals surface area contributed by atoms with Crippen molar-refractivity contribution in [2.75, 3.05) is 0 Å². The van der Waals surface area contributed by atoms with Gasteiger partial charge in [0.2, 0.25) is 0 Å². The number of rotatable bonds is 2. The molecule has 0 bridgehead atoms. The number of ether oxygens (including phenoxy) is 1. The molecule has 24 heavy (non-hydrogen) atoms. The first-order valence-corrected chi connectivity index (χ1v) is 7.75. The van der Waals surface area contributed by atoms with Crippen molar-refractivity contribution < 1.29 is 27.5 Å². The van der Waals surface area contributed by atoms with Gasteiger partial charge in [0.15, 0.2) is 5.78 Å². The van der Waals surface area contributed by atoms with Crippen LogP contribution in [-0.4, -0.2) is 17.5 Å². The van der Waals surface area contributed by atoms with Gasteiger partial charge in [0.25, 0.3) is 0 Å². The molecule has 1 fully saturated rings. The van der Waals surface area contributed by atoms with Gasteiger partial charge in [-0.3, -0.25) is 4.79 Å². The Morgan fingerprint density at radius 2 is 1.75 bits per heavy atom. The molecule has 2 rings (SSSR count). The summed E-state index contributed by atoms with van der Waals surface area (Å²) in [6.07, 6.45) is 0.163. The lowest BCUT2D eigenvalue weighted by Gasteiger charge is -2.37. The second-order valence-corrected chi connectivity index (χ2v) is 6.91.